The molecule has 0 fully saturated rings. The molecule has 0 saturated heterocycles. The lowest BCUT2D eigenvalue weighted by Crippen LogP contribution is -2.07. The molecule has 5 heteroatoms. The molecule has 0 N–H and O–H groups in total. The van der Waals surface area contributed by atoms with Crippen LogP contribution in [0.15, 0.2) is 29.2 Å². The second-order valence-corrected chi connectivity index (χ2v) is 6.54. The van der Waals surface area contributed by atoms with Crippen molar-refractivity contribution in [3.63, 3.8) is 0 Å². The third kappa shape index (κ3) is 2.87. The zero-order valence-corrected chi connectivity index (χ0v) is 11.8. The van der Waals surface area contributed by atoms with Crippen molar-refractivity contribution in [1.29, 1.82) is 0 Å². The van der Waals surface area contributed by atoms with E-state index in [9.17, 15) is 9.18 Å². The quantitative estimate of drug-likeness (QED) is 0.798. The molecule has 3 rings (SSSR count). The highest BCUT2D eigenvalue weighted by molar-refractivity contribution is 7.98. The van der Waals surface area contributed by atoms with Gasteiger partial charge in [-0.15, -0.1) is 23.1 Å². The first-order valence-corrected chi connectivity index (χ1v) is 7.93. The summed E-state index contributed by atoms with van der Waals surface area (Å²) in [5.41, 5.74) is 0.968. The SMILES string of the molecule is O=C1CCCc2nc(CSc3ccc(F)cc3)sc21. The second-order valence-electron chi connectivity index (χ2n) is 4.40. The van der Waals surface area contributed by atoms with Crippen molar-refractivity contribution in [1.82, 2.24) is 4.98 Å². The molecule has 1 aromatic carbocycles. The average Bonchev–Trinajstić information content (AvgIpc) is 2.83. The molecule has 98 valence electrons. The van der Waals surface area contributed by atoms with E-state index in [0.29, 0.717) is 6.42 Å². The molecule has 1 heterocycles. The summed E-state index contributed by atoms with van der Waals surface area (Å²) in [6, 6.07) is 6.44. The van der Waals surface area contributed by atoms with Crippen molar-refractivity contribution in [3.8, 4) is 0 Å². The molecule has 2 nitrogen and oxygen atoms in total. The summed E-state index contributed by atoms with van der Waals surface area (Å²) in [6.07, 6.45) is 2.48. The Balaban J connectivity index is 1.70. The molecule has 2 aromatic rings. The number of carbonyl (C=O) groups excluding carboxylic acids is 1. The van der Waals surface area contributed by atoms with Crippen molar-refractivity contribution >= 4 is 28.9 Å². The number of ketones is 1. The van der Waals surface area contributed by atoms with E-state index in [1.165, 1.54) is 23.5 Å². The molecule has 1 aromatic heterocycles. The zero-order chi connectivity index (χ0) is 13.2. The fourth-order valence-electron chi connectivity index (χ4n) is 2.06. The number of aryl methyl sites for hydroxylation is 1. The van der Waals surface area contributed by atoms with E-state index in [1.54, 1.807) is 23.9 Å². The smallest absolute Gasteiger partial charge is 0.174 e. The standard InChI is InChI=1S/C14H12FNOS2/c15-9-4-6-10(7-5-9)18-8-13-16-11-2-1-3-12(17)14(11)19-13/h4-7H,1-3,8H2. The predicted octanol–water partition coefficient (Wildman–Crippen LogP) is 4.09. The van der Waals surface area contributed by atoms with Crippen molar-refractivity contribution in [3.05, 3.63) is 45.7 Å². The molecule has 1 aliphatic carbocycles. The Morgan fingerprint density at radius 1 is 1.26 bits per heavy atom. The molecule has 0 amide bonds. The highest BCUT2D eigenvalue weighted by atomic mass is 32.2. The van der Waals surface area contributed by atoms with Gasteiger partial charge in [-0.25, -0.2) is 9.37 Å². The largest absolute Gasteiger partial charge is 0.293 e. The van der Waals surface area contributed by atoms with Crippen LogP contribution in [-0.2, 0) is 12.2 Å². The number of hydrogen-bond acceptors (Lipinski definition) is 4. The van der Waals surface area contributed by atoms with Gasteiger partial charge in [0.05, 0.1) is 16.3 Å². The fourth-order valence-corrected chi connectivity index (χ4v) is 4.02. The molecule has 0 saturated carbocycles. The highest BCUT2D eigenvalue weighted by Gasteiger charge is 2.21. The van der Waals surface area contributed by atoms with Crippen LogP contribution < -0.4 is 0 Å². The number of hydrogen-bond donors (Lipinski definition) is 0. The number of fused-ring (bicyclic) bond motifs is 1. The monoisotopic (exact) mass is 293 g/mol. The molecule has 0 radical (unpaired) electrons. The van der Waals surface area contributed by atoms with Crippen LogP contribution in [0.3, 0.4) is 0 Å². The summed E-state index contributed by atoms with van der Waals surface area (Å²) in [7, 11) is 0. The van der Waals surface area contributed by atoms with E-state index in [1.807, 2.05) is 0 Å². The molecule has 0 aliphatic heterocycles. The summed E-state index contributed by atoms with van der Waals surface area (Å²) in [5.74, 6) is 0.743. The Morgan fingerprint density at radius 2 is 2.05 bits per heavy atom. The maximum absolute atomic E-state index is 12.8. The number of Topliss-reactive ketones (excluding diaryl/α,β-unsaturated/α-hetero) is 1. The number of thiazole rings is 1. The van der Waals surface area contributed by atoms with Crippen LogP contribution in [0.2, 0.25) is 0 Å². The fraction of sp³-hybridized carbons (Fsp3) is 0.286. The van der Waals surface area contributed by atoms with Gasteiger partial charge in [-0.05, 0) is 37.1 Å². The Hall–Kier alpha value is -1.20. The highest BCUT2D eigenvalue weighted by Crippen LogP contribution is 2.30. The van der Waals surface area contributed by atoms with Crippen LogP contribution in [0, 0.1) is 5.82 Å². The van der Waals surface area contributed by atoms with E-state index in [0.717, 1.165) is 39.1 Å². The van der Waals surface area contributed by atoms with Gasteiger partial charge in [-0.1, -0.05) is 0 Å². The first kappa shape index (κ1) is 12.8. The summed E-state index contributed by atoms with van der Waals surface area (Å²) in [6.45, 7) is 0. The number of carbonyl (C=O) groups is 1. The zero-order valence-electron chi connectivity index (χ0n) is 10.2. The predicted molar refractivity (Wildman–Crippen MR) is 75.3 cm³/mol. The van der Waals surface area contributed by atoms with Gasteiger partial charge in [0.1, 0.15) is 10.8 Å². The lowest BCUT2D eigenvalue weighted by molar-refractivity contribution is 0.0976. The second kappa shape index (κ2) is 5.43. The van der Waals surface area contributed by atoms with Crippen LogP contribution in [0.5, 0.6) is 0 Å². The van der Waals surface area contributed by atoms with Gasteiger partial charge in [-0.2, -0.15) is 0 Å². The maximum Gasteiger partial charge on any atom is 0.174 e. The molecule has 0 bridgehead atoms. The number of nitrogens with zero attached hydrogens (tertiary/aromatic N) is 1. The Bertz CT molecular complexity index is 606. The van der Waals surface area contributed by atoms with Gasteiger partial charge in [0, 0.05) is 11.3 Å². The first-order chi connectivity index (χ1) is 9.22. The summed E-state index contributed by atoms with van der Waals surface area (Å²) in [5, 5.41) is 0.981. The van der Waals surface area contributed by atoms with Crippen LogP contribution in [-0.4, -0.2) is 10.8 Å². The first-order valence-electron chi connectivity index (χ1n) is 6.12. The van der Waals surface area contributed by atoms with Crippen LogP contribution in [0.4, 0.5) is 4.39 Å². The molecule has 0 unspecified atom stereocenters. The van der Waals surface area contributed by atoms with E-state index in [4.69, 9.17) is 0 Å². The molecule has 0 spiro atoms. The van der Waals surface area contributed by atoms with Crippen LogP contribution in [0.25, 0.3) is 0 Å². The van der Waals surface area contributed by atoms with Gasteiger partial charge in [0.2, 0.25) is 0 Å². The van der Waals surface area contributed by atoms with Crippen molar-refractivity contribution < 1.29 is 9.18 Å². The Labute approximate surface area is 119 Å². The van der Waals surface area contributed by atoms with E-state index < -0.39 is 0 Å². The number of halogens is 1. The third-order valence-electron chi connectivity index (χ3n) is 2.99. The molecule has 1 aliphatic rings. The van der Waals surface area contributed by atoms with E-state index >= 15 is 0 Å². The van der Waals surface area contributed by atoms with Crippen molar-refractivity contribution in [2.45, 2.75) is 29.9 Å². The number of aromatic nitrogens is 1. The summed E-state index contributed by atoms with van der Waals surface area (Å²) < 4.78 is 12.8. The van der Waals surface area contributed by atoms with Gasteiger partial charge in [0.25, 0.3) is 0 Å². The number of benzene rings is 1. The van der Waals surface area contributed by atoms with Crippen LogP contribution >= 0.6 is 23.1 Å². The molecular formula is C14H12FNOS2. The lowest BCUT2D eigenvalue weighted by atomic mass is 10.0. The normalized spacial score (nSPS) is 14.5. The minimum Gasteiger partial charge on any atom is -0.293 e. The van der Waals surface area contributed by atoms with Crippen molar-refractivity contribution in [2.24, 2.45) is 0 Å². The minimum atomic E-state index is -0.223. The third-order valence-corrected chi connectivity index (χ3v) is 5.33. The molecular weight excluding hydrogens is 281 g/mol. The van der Waals surface area contributed by atoms with Gasteiger partial charge in [-0.3, -0.25) is 4.79 Å². The lowest BCUT2D eigenvalue weighted by Gasteiger charge is -2.06. The Kier molecular flexibility index (Phi) is 3.66. The average molecular weight is 293 g/mol. The topological polar surface area (TPSA) is 30.0 Å². The van der Waals surface area contributed by atoms with Crippen LogP contribution in [0.1, 0.15) is 33.2 Å². The van der Waals surface area contributed by atoms with Gasteiger partial charge < -0.3 is 0 Å². The van der Waals surface area contributed by atoms with Gasteiger partial charge in [0.15, 0.2) is 5.78 Å². The van der Waals surface area contributed by atoms with E-state index in [-0.39, 0.29) is 11.6 Å². The van der Waals surface area contributed by atoms with E-state index in [2.05, 4.69) is 4.98 Å². The van der Waals surface area contributed by atoms with Gasteiger partial charge >= 0.3 is 0 Å². The molecule has 0 atom stereocenters. The Morgan fingerprint density at radius 3 is 2.79 bits per heavy atom. The number of thioether (sulfide) groups is 1. The van der Waals surface area contributed by atoms with Crippen molar-refractivity contribution in [2.75, 3.05) is 0 Å². The maximum atomic E-state index is 12.8. The summed E-state index contributed by atoms with van der Waals surface area (Å²) >= 11 is 3.13. The number of rotatable bonds is 3. The molecule has 19 heavy (non-hydrogen) atoms. The minimum absolute atomic E-state index is 0.223. The summed E-state index contributed by atoms with van der Waals surface area (Å²) in [4.78, 5) is 18.1.